The van der Waals surface area contributed by atoms with E-state index in [0.29, 0.717) is 32.2 Å². The van der Waals surface area contributed by atoms with Crippen molar-refractivity contribution in [2.45, 2.75) is 12.7 Å². The third kappa shape index (κ3) is 4.93. The van der Waals surface area contributed by atoms with Gasteiger partial charge in [-0.15, -0.1) is 0 Å². The van der Waals surface area contributed by atoms with Crippen LogP contribution in [0.2, 0.25) is 0 Å². The first-order valence-electron chi connectivity index (χ1n) is 10.8. The van der Waals surface area contributed by atoms with Gasteiger partial charge in [-0.1, -0.05) is 42.5 Å². The average Bonchev–Trinajstić information content (AvgIpc) is 3.31. The van der Waals surface area contributed by atoms with Crippen molar-refractivity contribution in [3.63, 3.8) is 0 Å². The van der Waals surface area contributed by atoms with Gasteiger partial charge in [0.1, 0.15) is 18.8 Å². The Bertz CT molecular complexity index is 1230. The zero-order chi connectivity index (χ0) is 22.5. The molecule has 33 heavy (non-hydrogen) atoms. The van der Waals surface area contributed by atoms with Gasteiger partial charge in [0.25, 0.3) is 0 Å². The maximum atomic E-state index is 12.5. The molecule has 0 bridgehead atoms. The lowest BCUT2D eigenvalue weighted by molar-refractivity contribution is -0.0218. The molecule has 0 aliphatic carbocycles. The Morgan fingerprint density at radius 3 is 2.85 bits per heavy atom. The summed E-state index contributed by atoms with van der Waals surface area (Å²) < 4.78 is 13.2. The lowest BCUT2D eigenvalue weighted by atomic mass is 10.2. The van der Waals surface area contributed by atoms with Crippen LogP contribution in [0.1, 0.15) is 5.56 Å². The number of hydrogen-bond acceptors (Lipinski definition) is 7. The van der Waals surface area contributed by atoms with Gasteiger partial charge in [0.15, 0.2) is 0 Å². The molecule has 1 fully saturated rings. The van der Waals surface area contributed by atoms with Gasteiger partial charge >= 0.3 is 6.09 Å². The van der Waals surface area contributed by atoms with Crippen LogP contribution in [0.25, 0.3) is 16.9 Å². The van der Waals surface area contributed by atoms with Gasteiger partial charge in [-0.2, -0.15) is 4.98 Å². The molecule has 1 unspecified atom stereocenters. The van der Waals surface area contributed by atoms with E-state index in [2.05, 4.69) is 20.3 Å². The molecule has 1 N–H and O–H groups in total. The van der Waals surface area contributed by atoms with Crippen LogP contribution in [0, 0.1) is 0 Å². The van der Waals surface area contributed by atoms with E-state index in [4.69, 9.17) is 9.47 Å². The van der Waals surface area contributed by atoms with Gasteiger partial charge in [-0.3, -0.25) is 4.57 Å². The number of fused-ring (bicyclic) bond motifs is 1. The maximum absolute atomic E-state index is 12.5. The SMILES string of the molecule is O=C(OCc1ccccc1)N1CCOC(CNc2nccc(-n3cnc4ccccc43)n2)C1. The third-order valence-corrected chi connectivity index (χ3v) is 5.43. The largest absolute Gasteiger partial charge is 0.445 e. The molecule has 3 heterocycles. The zero-order valence-electron chi connectivity index (χ0n) is 18.0. The Labute approximate surface area is 191 Å². The number of rotatable bonds is 6. The van der Waals surface area contributed by atoms with E-state index in [1.54, 1.807) is 17.4 Å². The smallest absolute Gasteiger partial charge is 0.410 e. The Kier molecular flexibility index (Phi) is 6.12. The molecule has 2 aromatic carbocycles. The van der Waals surface area contributed by atoms with Gasteiger partial charge in [0.05, 0.1) is 30.3 Å². The molecule has 1 amide bonds. The zero-order valence-corrected chi connectivity index (χ0v) is 18.0. The molecule has 0 spiro atoms. The number of carbonyl (C=O) groups is 1. The number of morpholine rings is 1. The molecule has 5 rings (SSSR count). The second-order valence-electron chi connectivity index (χ2n) is 7.70. The molecule has 1 aliphatic rings. The van der Waals surface area contributed by atoms with Gasteiger partial charge in [0, 0.05) is 19.3 Å². The number of aromatic nitrogens is 4. The summed E-state index contributed by atoms with van der Waals surface area (Å²) in [5.74, 6) is 1.20. The minimum absolute atomic E-state index is 0.190. The van der Waals surface area contributed by atoms with E-state index in [1.165, 1.54) is 0 Å². The van der Waals surface area contributed by atoms with E-state index >= 15 is 0 Å². The van der Waals surface area contributed by atoms with Crippen molar-refractivity contribution < 1.29 is 14.3 Å². The highest BCUT2D eigenvalue weighted by Gasteiger charge is 2.25. The first kappa shape index (κ1) is 20.9. The highest BCUT2D eigenvalue weighted by Crippen LogP contribution is 2.17. The number of nitrogens with zero attached hydrogens (tertiary/aromatic N) is 5. The Hall–Kier alpha value is -3.98. The second kappa shape index (κ2) is 9.66. The highest BCUT2D eigenvalue weighted by atomic mass is 16.6. The van der Waals surface area contributed by atoms with E-state index in [9.17, 15) is 4.79 Å². The molecule has 0 radical (unpaired) electrons. The van der Waals surface area contributed by atoms with Crippen molar-refractivity contribution in [1.29, 1.82) is 0 Å². The molecule has 4 aromatic rings. The van der Waals surface area contributed by atoms with Crippen LogP contribution < -0.4 is 5.32 Å². The van der Waals surface area contributed by atoms with E-state index in [-0.39, 0.29) is 18.8 Å². The topological polar surface area (TPSA) is 94.4 Å². The fourth-order valence-electron chi connectivity index (χ4n) is 3.73. The number of ether oxygens (including phenoxy) is 2. The van der Waals surface area contributed by atoms with Crippen molar-refractivity contribution in [1.82, 2.24) is 24.4 Å². The highest BCUT2D eigenvalue weighted by molar-refractivity contribution is 5.76. The third-order valence-electron chi connectivity index (χ3n) is 5.43. The molecule has 9 heteroatoms. The fraction of sp³-hybridized carbons (Fsp3) is 0.250. The van der Waals surface area contributed by atoms with Crippen molar-refractivity contribution in [3.8, 4) is 5.82 Å². The average molecular weight is 444 g/mol. The summed E-state index contributed by atoms with van der Waals surface area (Å²) in [5, 5.41) is 3.22. The number of carbonyl (C=O) groups excluding carboxylic acids is 1. The van der Waals surface area contributed by atoms with Crippen LogP contribution in [0.3, 0.4) is 0 Å². The summed E-state index contributed by atoms with van der Waals surface area (Å²) in [7, 11) is 0. The fourth-order valence-corrected chi connectivity index (χ4v) is 3.73. The predicted molar refractivity (Wildman–Crippen MR) is 123 cm³/mol. The van der Waals surface area contributed by atoms with Gasteiger partial charge in [-0.25, -0.2) is 14.8 Å². The standard InChI is InChI=1S/C24H24N6O3/c31-24(33-16-18-6-2-1-3-7-18)29-12-13-32-19(15-29)14-26-23-25-11-10-22(28-23)30-17-27-20-8-4-5-9-21(20)30/h1-11,17,19H,12-16H2,(H,25,26,28). The lowest BCUT2D eigenvalue weighted by Gasteiger charge is -2.32. The molecule has 168 valence electrons. The summed E-state index contributed by atoms with van der Waals surface area (Å²) in [6.45, 7) is 2.12. The predicted octanol–water partition coefficient (Wildman–Crippen LogP) is 3.27. The summed E-state index contributed by atoms with van der Waals surface area (Å²) in [4.78, 5) is 27.5. The number of imidazole rings is 1. The second-order valence-corrected chi connectivity index (χ2v) is 7.70. The van der Waals surface area contributed by atoms with Crippen molar-refractivity contribution in [2.75, 3.05) is 31.6 Å². The minimum Gasteiger partial charge on any atom is -0.445 e. The van der Waals surface area contributed by atoms with E-state index in [0.717, 1.165) is 22.4 Å². The molecular weight excluding hydrogens is 420 g/mol. The number of para-hydroxylation sites is 2. The Morgan fingerprint density at radius 1 is 1.09 bits per heavy atom. The van der Waals surface area contributed by atoms with Crippen molar-refractivity contribution >= 4 is 23.1 Å². The van der Waals surface area contributed by atoms with Crippen LogP contribution in [0.4, 0.5) is 10.7 Å². The quantitative estimate of drug-likeness (QED) is 0.488. The Morgan fingerprint density at radius 2 is 1.94 bits per heavy atom. The van der Waals surface area contributed by atoms with Crippen LogP contribution in [-0.4, -0.2) is 62.9 Å². The molecule has 1 saturated heterocycles. The van der Waals surface area contributed by atoms with Gasteiger partial charge in [0.2, 0.25) is 5.95 Å². The maximum Gasteiger partial charge on any atom is 0.410 e. The normalized spacial score (nSPS) is 16.0. The van der Waals surface area contributed by atoms with Gasteiger partial charge < -0.3 is 19.7 Å². The van der Waals surface area contributed by atoms with Crippen molar-refractivity contribution in [2.24, 2.45) is 0 Å². The molecule has 1 aliphatic heterocycles. The monoisotopic (exact) mass is 444 g/mol. The number of amides is 1. The van der Waals surface area contributed by atoms with Crippen LogP contribution in [0.15, 0.2) is 73.2 Å². The number of anilines is 1. The molecule has 0 saturated carbocycles. The first-order chi connectivity index (χ1) is 16.3. The van der Waals surface area contributed by atoms with Gasteiger partial charge in [-0.05, 0) is 23.8 Å². The summed E-state index contributed by atoms with van der Waals surface area (Å²) >= 11 is 0. The molecule has 2 aromatic heterocycles. The lowest BCUT2D eigenvalue weighted by Crippen LogP contribution is -2.48. The van der Waals surface area contributed by atoms with E-state index < -0.39 is 0 Å². The van der Waals surface area contributed by atoms with Crippen molar-refractivity contribution in [3.05, 3.63) is 78.8 Å². The molecule has 1 atom stereocenters. The molecule has 9 nitrogen and oxygen atoms in total. The van der Waals surface area contributed by atoms with Crippen LogP contribution in [-0.2, 0) is 16.1 Å². The Balaban J connectivity index is 1.17. The van der Waals surface area contributed by atoms with Crippen LogP contribution in [0.5, 0.6) is 0 Å². The first-order valence-corrected chi connectivity index (χ1v) is 10.8. The number of benzene rings is 2. The molecular formula is C24H24N6O3. The summed E-state index contributed by atoms with van der Waals surface area (Å²) in [6.07, 6.45) is 2.93. The summed E-state index contributed by atoms with van der Waals surface area (Å²) in [6, 6.07) is 19.4. The summed E-state index contributed by atoms with van der Waals surface area (Å²) in [5.41, 5.74) is 2.84. The number of nitrogens with one attached hydrogen (secondary N) is 1. The van der Waals surface area contributed by atoms with Crippen LogP contribution >= 0.6 is 0 Å². The van der Waals surface area contributed by atoms with E-state index in [1.807, 2.05) is 65.2 Å². The minimum atomic E-state index is -0.336. The number of hydrogen-bond donors (Lipinski definition) is 1.